The molecule has 0 saturated heterocycles. The van der Waals surface area contributed by atoms with Gasteiger partial charge in [0.2, 0.25) is 0 Å². The molecule has 2 aromatic heterocycles. The van der Waals surface area contributed by atoms with Crippen molar-refractivity contribution in [3.63, 3.8) is 0 Å². The molecular weight excluding hydrogens is 625 g/mol. The van der Waals surface area contributed by atoms with Crippen LogP contribution < -0.4 is 4.74 Å². The third kappa shape index (κ3) is 5.33. The van der Waals surface area contributed by atoms with Gasteiger partial charge in [0.25, 0.3) is 0 Å². The Hall–Kier alpha value is -6.84. The highest BCUT2D eigenvalue weighted by Gasteiger charge is 2.11. The summed E-state index contributed by atoms with van der Waals surface area (Å²) in [6.45, 7) is 0. The Morgan fingerprint density at radius 1 is 0.255 bits per heavy atom. The van der Waals surface area contributed by atoms with E-state index in [1.165, 1.54) is 0 Å². The van der Waals surface area contributed by atoms with Crippen LogP contribution in [0.5, 0.6) is 11.5 Å². The average Bonchev–Trinajstić information content (AvgIpc) is 3.76. The van der Waals surface area contributed by atoms with Gasteiger partial charge in [-0.1, -0.05) is 109 Å². The predicted octanol–water partition coefficient (Wildman–Crippen LogP) is 13.9. The molecule has 0 amide bonds. The zero-order valence-corrected chi connectivity index (χ0v) is 27.5. The number of rotatable bonds is 6. The van der Waals surface area contributed by atoms with Crippen LogP contribution in [0.4, 0.5) is 0 Å². The number of furan rings is 2. The Labute approximate surface area is 294 Å². The summed E-state index contributed by atoms with van der Waals surface area (Å²) in [6.07, 6.45) is 0. The standard InChI is InChI=1S/C48H30O3/c1-3-19-45-41(17-1)43-29-37(21-23-47(43)50-45)33-11-5-9-31(25-33)35-13-7-15-39(27-35)49-40-16-8-14-36(28-40)32-10-6-12-34(26-32)38-22-24-48-44(30-38)42-18-2-4-20-46(42)51-48/h1-30H. The van der Waals surface area contributed by atoms with Crippen molar-refractivity contribution in [3.8, 4) is 56.0 Å². The van der Waals surface area contributed by atoms with Crippen LogP contribution in [0, 0.1) is 0 Å². The van der Waals surface area contributed by atoms with Crippen molar-refractivity contribution in [1.29, 1.82) is 0 Å². The number of para-hydroxylation sites is 2. The zero-order chi connectivity index (χ0) is 33.7. The maximum absolute atomic E-state index is 6.47. The summed E-state index contributed by atoms with van der Waals surface area (Å²) >= 11 is 0. The summed E-state index contributed by atoms with van der Waals surface area (Å²) in [5, 5.41) is 4.52. The molecule has 0 atom stereocenters. The first-order valence-electron chi connectivity index (χ1n) is 17.1. The second-order valence-electron chi connectivity index (χ2n) is 12.9. The number of hydrogen-bond donors (Lipinski definition) is 0. The minimum atomic E-state index is 0.788. The minimum absolute atomic E-state index is 0.788. The van der Waals surface area contributed by atoms with Crippen LogP contribution in [-0.2, 0) is 0 Å². The van der Waals surface area contributed by atoms with Gasteiger partial charge in [-0.15, -0.1) is 0 Å². The summed E-state index contributed by atoms with van der Waals surface area (Å²) in [5.41, 5.74) is 12.7. The van der Waals surface area contributed by atoms with Crippen LogP contribution in [0.1, 0.15) is 0 Å². The molecule has 10 aromatic rings. The number of benzene rings is 8. The van der Waals surface area contributed by atoms with E-state index in [1.54, 1.807) is 0 Å². The van der Waals surface area contributed by atoms with Gasteiger partial charge < -0.3 is 13.6 Å². The molecule has 0 fully saturated rings. The molecule has 3 heteroatoms. The van der Waals surface area contributed by atoms with E-state index in [0.29, 0.717) is 0 Å². The van der Waals surface area contributed by atoms with Gasteiger partial charge in [0.1, 0.15) is 33.8 Å². The summed E-state index contributed by atoms with van der Waals surface area (Å²) < 4.78 is 18.6. The molecule has 0 aliphatic heterocycles. The maximum Gasteiger partial charge on any atom is 0.135 e. The van der Waals surface area contributed by atoms with Gasteiger partial charge in [-0.25, -0.2) is 0 Å². The third-order valence-electron chi connectivity index (χ3n) is 9.72. The van der Waals surface area contributed by atoms with Crippen LogP contribution >= 0.6 is 0 Å². The molecule has 0 aliphatic rings. The molecule has 0 aliphatic carbocycles. The lowest BCUT2D eigenvalue weighted by molar-refractivity contribution is 0.483. The fraction of sp³-hybridized carbons (Fsp3) is 0. The van der Waals surface area contributed by atoms with Crippen molar-refractivity contribution in [2.45, 2.75) is 0 Å². The molecule has 0 bridgehead atoms. The largest absolute Gasteiger partial charge is 0.457 e. The van der Waals surface area contributed by atoms with Crippen molar-refractivity contribution in [2.24, 2.45) is 0 Å². The summed E-state index contributed by atoms with van der Waals surface area (Å²) in [6, 6.07) is 63.1. The summed E-state index contributed by atoms with van der Waals surface area (Å²) in [7, 11) is 0. The Morgan fingerprint density at radius 3 is 1.06 bits per heavy atom. The van der Waals surface area contributed by atoms with Gasteiger partial charge in [0, 0.05) is 21.5 Å². The highest BCUT2D eigenvalue weighted by atomic mass is 16.5. The van der Waals surface area contributed by atoms with E-state index in [9.17, 15) is 0 Å². The van der Waals surface area contributed by atoms with E-state index in [2.05, 4.69) is 133 Å². The molecule has 240 valence electrons. The topological polar surface area (TPSA) is 35.5 Å². The number of ether oxygens (including phenoxy) is 1. The van der Waals surface area contributed by atoms with Gasteiger partial charge in [0.15, 0.2) is 0 Å². The highest BCUT2D eigenvalue weighted by Crippen LogP contribution is 2.37. The zero-order valence-electron chi connectivity index (χ0n) is 27.5. The van der Waals surface area contributed by atoms with Crippen molar-refractivity contribution in [3.05, 3.63) is 182 Å². The Balaban J connectivity index is 0.920. The first-order chi connectivity index (χ1) is 25.2. The number of hydrogen-bond acceptors (Lipinski definition) is 3. The summed E-state index contributed by atoms with van der Waals surface area (Å²) in [5.74, 6) is 1.58. The molecule has 51 heavy (non-hydrogen) atoms. The Morgan fingerprint density at radius 2 is 0.608 bits per heavy atom. The van der Waals surface area contributed by atoms with Crippen LogP contribution in [-0.4, -0.2) is 0 Å². The van der Waals surface area contributed by atoms with E-state index >= 15 is 0 Å². The molecule has 2 heterocycles. The minimum Gasteiger partial charge on any atom is -0.457 e. The van der Waals surface area contributed by atoms with E-state index in [4.69, 9.17) is 13.6 Å². The smallest absolute Gasteiger partial charge is 0.135 e. The molecule has 10 rings (SSSR count). The second kappa shape index (κ2) is 11.9. The van der Waals surface area contributed by atoms with Gasteiger partial charge in [-0.3, -0.25) is 0 Å². The van der Waals surface area contributed by atoms with Gasteiger partial charge in [-0.2, -0.15) is 0 Å². The second-order valence-corrected chi connectivity index (χ2v) is 12.9. The maximum atomic E-state index is 6.47. The fourth-order valence-electron chi connectivity index (χ4n) is 7.18. The van der Waals surface area contributed by atoms with E-state index in [0.717, 1.165) is 99.9 Å². The average molecular weight is 655 g/mol. The first kappa shape index (κ1) is 29.1. The highest BCUT2D eigenvalue weighted by molar-refractivity contribution is 6.07. The lowest BCUT2D eigenvalue weighted by Gasteiger charge is -2.11. The monoisotopic (exact) mass is 654 g/mol. The third-order valence-corrected chi connectivity index (χ3v) is 9.72. The lowest BCUT2D eigenvalue weighted by atomic mass is 9.97. The van der Waals surface area contributed by atoms with E-state index < -0.39 is 0 Å². The molecule has 0 saturated carbocycles. The van der Waals surface area contributed by atoms with Crippen molar-refractivity contribution >= 4 is 43.9 Å². The lowest BCUT2D eigenvalue weighted by Crippen LogP contribution is -1.87. The fourth-order valence-corrected chi connectivity index (χ4v) is 7.18. The number of fused-ring (bicyclic) bond motifs is 6. The molecule has 0 radical (unpaired) electrons. The van der Waals surface area contributed by atoms with E-state index in [-0.39, 0.29) is 0 Å². The molecule has 0 N–H and O–H groups in total. The SMILES string of the molecule is c1cc(Oc2cccc(-c3cccc(-c4ccc5oc6ccccc6c5c4)c3)c2)cc(-c2cccc(-c3ccc4oc5ccccc5c4c3)c2)c1. The quantitative estimate of drug-likeness (QED) is 0.179. The Bertz CT molecular complexity index is 2710. The van der Waals surface area contributed by atoms with E-state index in [1.807, 2.05) is 48.5 Å². The van der Waals surface area contributed by atoms with Gasteiger partial charge in [0.05, 0.1) is 0 Å². The van der Waals surface area contributed by atoms with Crippen LogP contribution in [0.3, 0.4) is 0 Å². The Kier molecular flexibility index (Phi) is 6.81. The van der Waals surface area contributed by atoms with Gasteiger partial charge >= 0.3 is 0 Å². The molecule has 0 unspecified atom stereocenters. The van der Waals surface area contributed by atoms with Crippen LogP contribution in [0.2, 0.25) is 0 Å². The normalized spacial score (nSPS) is 11.5. The van der Waals surface area contributed by atoms with Crippen molar-refractivity contribution in [2.75, 3.05) is 0 Å². The van der Waals surface area contributed by atoms with Crippen LogP contribution in [0.25, 0.3) is 88.4 Å². The molecule has 0 spiro atoms. The van der Waals surface area contributed by atoms with Crippen LogP contribution in [0.15, 0.2) is 191 Å². The summed E-state index contributed by atoms with van der Waals surface area (Å²) in [4.78, 5) is 0. The van der Waals surface area contributed by atoms with Crippen molar-refractivity contribution in [1.82, 2.24) is 0 Å². The molecule has 3 nitrogen and oxygen atoms in total. The molecular formula is C48H30O3. The van der Waals surface area contributed by atoms with Gasteiger partial charge in [-0.05, 0) is 117 Å². The predicted molar refractivity (Wildman–Crippen MR) is 209 cm³/mol. The van der Waals surface area contributed by atoms with Crippen molar-refractivity contribution < 1.29 is 13.6 Å². The molecule has 8 aromatic carbocycles. The first-order valence-corrected chi connectivity index (χ1v) is 17.1.